The van der Waals surface area contributed by atoms with Gasteiger partial charge in [0.1, 0.15) is 6.04 Å². The zero-order chi connectivity index (χ0) is 21.6. The molecule has 29 heavy (non-hydrogen) atoms. The minimum absolute atomic E-state index is 0.340. The van der Waals surface area contributed by atoms with Crippen molar-refractivity contribution in [2.45, 2.75) is 40.3 Å². The number of nitrogens with zero attached hydrogens (tertiary/aromatic N) is 2. The molecule has 0 heterocycles. The van der Waals surface area contributed by atoms with Crippen LogP contribution in [0.25, 0.3) is 0 Å². The molecule has 1 amide bonds. The molecule has 1 unspecified atom stereocenters. The zero-order valence-corrected chi connectivity index (χ0v) is 18.7. The van der Waals surface area contributed by atoms with Crippen molar-refractivity contribution in [2.24, 2.45) is 0 Å². The fourth-order valence-electron chi connectivity index (χ4n) is 3.32. The smallest absolute Gasteiger partial charge is 0.243 e. The van der Waals surface area contributed by atoms with E-state index in [4.69, 9.17) is 0 Å². The van der Waals surface area contributed by atoms with Crippen LogP contribution in [-0.2, 0) is 21.4 Å². The van der Waals surface area contributed by atoms with Crippen molar-refractivity contribution in [3.05, 3.63) is 59.7 Å². The van der Waals surface area contributed by atoms with E-state index in [2.05, 4.69) is 24.1 Å². The van der Waals surface area contributed by atoms with Gasteiger partial charge in [-0.1, -0.05) is 24.3 Å². The van der Waals surface area contributed by atoms with Crippen LogP contribution < -0.4 is 14.5 Å². The Balaban J connectivity index is 2.10. The molecule has 1 N–H and O–H groups in total. The Hall–Kier alpha value is -2.54. The molecule has 0 radical (unpaired) electrons. The Bertz CT molecular complexity index is 923. The van der Waals surface area contributed by atoms with E-state index in [1.165, 1.54) is 4.31 Å². The summed E-state index contributed by atoms with van der Waals surface area (Å²) >= 11 is 0. The molecule has 0 fully saturated rings. The van der Waals surface area contributed by atoms with Crippen LogP contribution >= 0.6 is 0 Å². The van der Waals surface area contributed by atoms with Gasteiger partial charge in [-0.05, 0) is 63.1 Å². The van der Waals surface area contributed by atoms with Gasteiger partial charge in [-0.25, -0.2) is 8.42 Å². The van der Waals surface area contributed by atoms with Gasteiger partial charge in [0, 0.05) is 25.3 Å². The number of benzene rings is 2. The third-order valence-electron chi connectivity index (χ3n) is 4.88. The number of hydrogen-bond donors (Lipinski definition) is 1. The van der Waals surface area contributed by atoms with Gasteiger partial charge in [0.25, 0.3) is 0 Å². The molecule has 2 rings (SSSR count). The highest BCUT2D eigenvalue weighted by atomic mass is 32.2. The van der Waals surface area contributed by atoms with E-state index in [1.807, 2.05) is 37.3 Å². The van der Waals surface area contributed by atoms with Crippen LogP contribution in [0.1, 0.15) is 31.9 Å². The number of rotatable bonds is 9. The van der Waals surface area contributed by atoms with Gasteiger partial charge in [0.05, 0.1) is 11.9 Å². The Kier molecular flexibility index (Phi) is 7.67. The molecule has 158 valence electrons. The van der Waals surface area contributed by atoms with Crippen molar-refractivity contribution < 1.29 is 13.2 Å². The number of hydrogen-bond acceptors (Lipinski definition) is 4. The van der Waals surface area contributed by atoms with Crippen molar-refractivity contribution in [3.63, 3.8) is 0 Å². The first kappa shape index (κ1) is 22.7. The van der Waals surface area contributed by atoms with E-state index >= 15 is 0 Å². The summed E-state index contributed by atoms with van der Waals surface area (Å²) in [6.45, 7) is 9.92. The minimum atomic E-state index is -3.62. The van der Waals surface area contributed by atoms with Crippen LogP contribution in [0.5, 0.6) is 0 Å². The second-order valence-electron chi connectivity index (χ2n) is 7.13. The van der Waals surface area contributed by atoms with Crippen LogP contribution in [0.3, 0.4) is 0 Å². The Morgan fingerprint density at radius 1 is 1.03 bits per heavy atom. The van der Waals surface area contributed by atoms with Crippen LogP contribution in [-0.4, -0.2) is 39.7 Å². The van der Waals surface area contributed by atoms with E-state index in [9.17, 15) is 13.2 Å². The lowest BCUT2D eigenvalue weighted by Crippen LogP contribution is -2.47. The summed E-state index contributed by atoms with van der Waals surface area (Å²) in [6, 6.07) is 14.3. The van der Waals surface area contributed by atoms with Crippen molar-refractivity contribution in [1.29, 1.82) is 0 Å². The second kappa shape index (κ2) is 9.78. The largest absolute Gasteiger partial charge is 0.372 e. The molecule has 2 aromatic rings. The molecule has 0 aromatic heterocycles. The number of carbonyl (C=O) groups is 1. The zero-order valence-electron chi connectivity index (χ0n) is 17.8. The summed E-state index contributed by atoms with van der Waals surface area (Å²) in [6.07, 6.45) is 1.12. The van der Waals surface area contributed by atoms with E-state index in [0.717, 1.165) is 36.2 Å². The fourth-order valence-corrected chi connectivity index (χ4v) is 4.49. The molecule has 0 aliphatic carbocycles. The summed E-state index contributed by atoms with van der Waals surface area (Å²) in [5, 5.41) is 2.85. The molecule has 0 saturated heterocycles. The van der Waals surface area contributed by atoms with Gasteiger partial charge in [-0.2, -0.15) is 0 Å². The number of nitrogens with one attached hydrogen (secondary N) is 1. The lowest BCUT2D eigenvalue weighted by molar-refractivity contribution is -0.122. The standard InChI is InChI=1S/C22H31N3O3S/c1-6-24(7-2)20-13-11-19(12-14-20)16-23-22(26)18(4)25(29(5,27)28)21-10-8-9-17(3)15-21/h8-15,18H,6-7,16H2,1-5H3,(H,23,26). The Morgan fingerprint density at radius 2 is 1.66 bits per heavy atom. The summed E-state index contributed by atoms with van der Waals surface area (Å²) in [5.41, 5.74) is 3.51. The molecule has 6 nitrogen and oxygen atoms in total. The molecule has 7 heteroatoms. The van der Waals surface area contributed by atoms with Crippen molar-refractivity contribution in [2.75, 3.05) is 28.6 Å². The van der Waals surface area contributed by atoms with Crippen molar-refractivity contribution in [1.82, 2.24) is 5.32 Å². The summed E-state index contributed by atoms with van der Waals surface area (Å²) < 4.78 is 25.9. The fraction of sp³-hybridized carbons (Fsp3) is 0.409. The van der Waals surface area contributed by atoms with Gasteiger partial charge >= 0.3 is 0 Å². The molecule has 2 aromatic carbocycles. The van der Waals surface area contributed by atoms with Crippen molar-refractivity contribution in [3.8, 4) is 0 Å². The maximum atomic E-state index is 12.7. The lowest BCUT2D eigenvalue weighted by atomic mass is 10.1. The van der Waals surface area contributed by atoms with Gasteiger partial charge in [-0.15, -0.1) is 0 Å². The SMILES string of the molecule is CCN(CC)c1ccc(CNC(=O)C(C)N(c2cccc(C)c2)S(C)(=O)=O)cc1. The predicted octanol–water partition coefficient (Wildman–Crippen LogP) is 3.31. The third kappa shape index (κ3) is 5.97. The molecular weight excluding hydrogens is 386 g/mol. The maximum Gasteiger partial charge on any atom is 0.243 e. The van der Waals surface area contributed by atoms with E-state index < -0.39 is 16.1 Å². The molecule has 0 bridgehead atoms. The van der Waals surface area contributed by atoms with Crippen LogP contribution in [0.15, 0.2) is 48.5 Å². The number of aryl methyl sites for hydroxylation is 1. The number of sulfonamides is 1. The Morgan fingerprint density at radius 3 is 2.17 bits per heavy atom. The first-order chi connectivity index (χ1) is 13.7. The van der Waals surface area contributed by atoms with Crippen molar-refractivity contribution >= 4 is 27.3 Å². The second-order valence-corrected chi connectivity index (χ2v) is 8.99. The first-order valence-electron chi connectivity index (χ1n) is 9.85. The third-order valence-corrected chi connectivity index (χ3v) is 6.12. The summed E-state index contributed by atoms with van der Waals surface area (Å²) in [4.78, 5) is 15.0. The predicted molar refractivity (Wildman–Crippen MR) is 120 cm³/mol. The van der Waals surface area contributed by atoms with Gasteiger partial charge in [-0.3, -0.25) is 9.10 Å². The average molecular weight is 418 g/mol. The van der Waals surface area contributed by atoms with E-state index in [-0.39, 0.29) is 5.91 Å². The number of carbonyl (C=O) groups excluding carboxylic acids is 1. The topological polar surface area (TPSA) is 69.7 Å². The highest BCUT2D eigenvalue weighted by molar-refractivity contribution is 7.92. The van der Waals surface area contributed by atoms with Gasteiger partial charge < -0.3 is 10.2 Å². The normalized spacial score (nSPS) is 12.3. The number of anilines is 2. The van der Waals surface area contributed by atoms with Gasteiger partial charge in [0.2, 0.25) is 15.9 Å². The van der Waals surface area contributed by atoms with Crippen LogP contribution in [0.4, 0.5) is 11.4 Å². The molecule has 0 saturated carbocycles. The van der Waals surface area contributed by atoms with Crippen LogP contribution in [0, 0.1) is 6.92 Å². The number of amides is 1. The first-order valence-corrected chi connectivity index (χ1v) is 11.7. The molecule has 0 aliphatic heterocycles. The summed E-state index contributed by atoms with van der Waals surface area (Å²) in [7, 11) is -3.62. The Labute approximate surface area is 174 Å². The molecule has 0 spiro atoms. The van der Waals surface area contributed by atoms with Crippen LogP contribution in [0.2, 0.25) is 0 Å². The molecule has 0 aliphatic rings. The average Bonchev–Trinajstić information content (AvgIpc) is 2.67. The van der Waals surface area contributed by atoms with Gasteiger partial charge in [0.15, 0.2) is 0 Å². The van der Waals surface area contributed by atoms with E-state index in [1.54, 1.807) is 25.1 Å². The highest BCUT2D eigenvalue weighted by Gasteiger charge is 2.29. The molecule has 1 atom stereocenters. The molecular formula is C22H31N3O3S. The quantitative estimate of drug-likeness (QED) is 0.680. The maximum absolute atomic E-state index is 12.7. The minimum Gasteiger partial charge on any atom is -0.372 e. The monoisotopic (exact) mass is 417 g/mol. The van der Waals surface area contributed by atoms with E-state index in [0.29, 0.717) is 12.2 Å². The lowest BCUT2D eigenvalue weighted by Gasteiger charge is -2.28. The highest BCUT2D eigenvalue weighted by Crippen LogP contribution is 2.22. The summed E-state index contributed by atoms with van der Waals surface area (Å²) in [5.74, 6) is -0.343.